The van der Waals surface area contributed by atoms with Crippen molar-refractivity contribution >= 4 is 21.5 Å². The van der Waals surface area contributed by atoms with E-state index in [4.69, 9.17) is 29.2 Å². The van der Waals surface area contributed by atoms with E-state index in [1.807, 2.05) is 0 Å². The lowest BCUT2D eigenvalue weighted by Crippen LogP contribution is -2.11. The van der Waals surface area contributed by atoms with Crippen molar-refractivity contribution in [2.45, 2.75) is 13.8 Å². The van der Waals surface area contributed by atoms with Gasteiger partial charge in [-0.25, -0.2) is 0 Å². The second-order valence-corrected chi connectivity index (χ2v) is 7.13. The topological polar surface area (TPSA) is 77.4 Å². The van der Waals surface area contributed by atoms with Crippen LogP contribution in [0.15, 0.2) is 36.4 Å². The van der Waals surface area contributed by atoms with Gasteiger partial charge in [-0.1, -0.05) is 35.4 Å². The van der Waals surface area contributed by atoms with Gasteiger partial charge in [0.05, 0.1) is 39.6 Å². The Balaban J connectivity index is 2.01. The molecule has 0 saturated heterocycles. The first-order chi connectivity index (χ1) is 14.7. The number of rotatable bonds is 12. The number of aliphatic hydroxyl groups is 2. The zero-order valence-corrected chi connectivity index (χ0v) is 17.6. The second kappa shape index (κ2) is 11.1. The van der Waals surface area contributed by atoms with Gasteiger partial charge in [0.15, 0.2) is 0 Å². The first-order valence-corrected chi connectivity index (χ1v) is 10.2. The van der Waals surface area contributed by atoms with E-state index in [1.54, 1.807) is 0 Å². The Bertz CT molecular complexity index is 889. The number of benzene rings is 3. The minimum absolute atomic E-state index is 0.00160. The van der Waals surface area contributed by atoms with Crippen molar-refractivity contribution in [3.05, 3.63) is 47.5 Å². The first kappa shape index (κ1) is 22.3. The van der Waals surface area contributed by atoms with E-state index in [0.29, 0.717) is 39.6 Å². The molecule has 0 radical (unpaired) electrons. The summed E-state index contributed by atoms with van der Waals surface area (Å²) in [4.78, 5) is 0. The van der Waals surface area contributed by atoms with Crippen LogP contribution in [0.25, 0.3) is 21.5 Å². The Morgan fingerprint density at radius 3 is 1.40 bits per heavy atom. The molecule has 0 fully saturated rings. The number of hydrogen-bond acceptors (Lipinski definition) is 6. The van der Waals surface area contributed by atoms with E-state index in [2.05, 4.69) is 50.2 Å². The zero-order valence-electron chi connectivity index (χ0n) is 17.6. The van der Waals surface area contributed by atoms with Crippen LogP contribution in [-0.2, 0) is 9.47 Å². The molecule has 0 aliphatic carbocycles. The molecule has 3 aromatic rings. The maximum absolute atomic E-state index is 8.87. The van der Waals surface area contributed by atoms with E-state index in [1.165, 1.54) is 0 Å². The smallest absolute Gasteiger partial charge is 0.135 e. The minimum atomic E-state index is -0.00160. The highest BCUT2D eigenvalue weighted by molar-refractivity contribution is 6.11. The lowest BCUT2D eigenvalue weighted by Gasteiger charge is -2.19. The maximum Gasteiger partial charge on any atom is 0.135 e. The minimum Gasteiger partial charge on any atom is -0.490 e. The molecule has 6 heteroatoms. The Kier molecular flexibility index (Phi) is 8.28. The molecule has 0 spiro atoms. The molecule has 0 aliphatic heterocycles. The average Bonchev–Trinajstić information content (AvgIpc) is 2.74. The van der Waals surface area contributed by atoms with Crippen LogP contribution in [0.4, 0.5) is 0 Å². The second-order valence-electron chi connectivity index (χ2n) is 7.13. The quantitative estimate of drug-likeness (QED) is 0.349. The molecule has 0 unspecified atom stereocenters. The number of ether oxygens (including phenoxy) is 4. The first-order valence-electron chi connectivity index (χ1n) is 10.2. The van der Waals surface area contributed by atoms with Crippen LogP contribution in [0.1, 0.15) is 11.1 Å². The van der Waals surface area contributed by atoms with Gasteiger partial charge in [-0.2, -0.15) is 0 Å². The predicted molar refractivity (Wildman–Crippen MR) is 118 cm³/mol. The van der Waals surface area contributed by atoms with Crippen molar-refractivity contribution in [2.24, 2.45) is 0 Å². The average molecular weight is 414 g/mol. The fraction of sp³-hybridized carbons (Fsp3) is 0.417. The number of aryl methyl sites for hydroxylation is 2. The largest absolute Gasteiger partial charge is 0.490 e. The van der Waals surface area contributed by atoms with Gasteiger partial charge >= 0.3 is 0 Å². The lowest BCUT2D eigenvalue weighted by atomic mass is 9.98. The van der Waals surface area contributed by atoms with Crippen molar-refractivity contribution in [2.75, 3.05) is 52.9 Å². The summed E-state index contributed by atoms with van der Waals surface area (Å²) >= 11 is 0. The van der Waals surface area contributed by atoms with E-state index < -0.39 is 0 Å². The van der Waals surface area contributed by atoms with Crippen molar-refractivity contribution < 1.29 is 29.2 Å². The molecule has 0 bridgehead atoms. The van der Waals surface area contributed by atoms with E-state index in [9.17, 15) is 0 Å². The SMILES string of the molecule is Cc1ccc2c(OCCOCCO)c3cc(C)ccc3c(OCCOCCO)c2c1. The summed E-state index contributed by atoms with van der Waals surface area (Å²) in [6.45, 7) is 6.29. The van der Waals surface area contributed by atoms with Crippen LogP contribution in [0.5, 0.6) is 11.5 Å². The van der Waals surface area contributed by atoms with Crippen molar-refractivity contribution in [1.82, 2.24) is 0 Å². The van der Waals surface area contributed by atoms with E-state index in [-0.39, 0.29) is 13.2 Å². The van der Waals surface area contributed by atoms with Gasteiger partial charge in [0, 0.05) is 21.5 Å². The van der Waals surface area contributed by atoms with Crippen LogP contribution < -0.4 is 9.47 Å². The Hall–Kier alpha value is -2.38. The monoisotopic (exact) mass is 414 g/mol. The third-order valence-electron chi connectivity index (χ3n) is 4.75. The number of fused-ring (bicyclic) bond motifs is 2. The highest BCUT2D eigenvalue weighted by atomic mass is 16.5. The Morgan fingerprint density at radius 1 is 0.567 bits per heavy atom. The molecule has 162 valence electrons. The van der Waals surface area contributed by atoms with Gasteiger partial charge in [0.25, 0.3) is 0 Å². The van der Waals surface area contributed by atoms with Crippen molar-refractivity contribution in [3.8, 4) is 11.5 Å². The van der Waals surface area contributed by atoms with Crippen molar-refractivity contribution in [3.63, 3.8) is 0 Å². The van der Waals surface area contributed by atoms with Crippen LogP contribution in [0, 0.1) is 13.8 Å². The molecule has 0 saturated carbocycles. The molecule has 3 rings (SSSR count). The summed E-state index contributed by atoms with van der Waals surface area (Å²) < 4.78 is 23.0. The summed E-state index contributed by atoms with van der Waals surface area (Å²) in [6, 6.07) is 12.5. The molecular weight excluding hydrogens is 384 g/mol. The summed E-state index contributed by atoms with van der Waals surface area (Å²) in [6.07, 6.45) is 0. The molecule has 0 heterocycles. The zero-order chi connectivity index (χ0) is 21.3. The van der Waals surface area contributed by atoms with Gasteiger partial charge in [0.2, 0.25) is 0 Å². The number of hydrogen-bond donors (Lipinski definition) is 2. The third-order valence-corrected chi connectivity index (χ3v) is 4.75. The van der Waals surface area contributed by atoms with Gasteiger partial charge in [-0.3, -0.25) is 0 Å². The molecule has 0 aromatic heterocycles. The molecule has 2 N–H and O–H groups in total. The number of aliphatic hydroxyl groups excluding tert-OH is 2. The molecule has 3 aromatic carbocycles. The van der Waals surface area contributed by atoms with Gasteiger partial charge in [0.1, 0.15) is 24.7 Å². The van der Waals surface area contributed by atoms with E-state index in [0.717, 1.165) is 44.2 Å². The normalized spacial score (nSPS) is 11.3. The fourth-order valence-corrected chi connectivity index (χ4v) is 3.43. The Morgan fingerprint density at radius 2 is 1.00 bits per heavy atom. The molecule has 0 aliphatic rings. The van der Waals surface area contributed by atoms with Crippen LogP contribution in [0.3, 0.4) is 0 Å². The van der Waals surface area contributed by atoms with Crippen LogP contribution in [-0.4, -0.2) is 63.1 Å². The standard InChI is InChI=1S/C24H30O6/c1-17-3-5-19-21(15-17)23(29-13-11-27-9-7-25)20-6-4-18(2)16-22(20)24(19)30-14-12-28-10-8-26/h3-6,15-16,25-26H,7-14H2,1-2H3. The highest BCUT2D eigenvalue weighted by Crippen LogP contribution is 2.43. The lowest BCUT2D eigenvalue weighted by molar-refractivity contribution is 0.0707. The van der Waals surface area contributed by atoms with Gasteiger partial charge in [-0.05, 0) is 26.0 Å². The molecule has 6 nitrogen and oxygen atoms in total. The third kappa shape index (κ3) is 5.40. The summed E-state index contributed by atoms with van der Waals surface area (Å²) in [5.41, 5.74) is 2.26. The molecule has 0 amide bonds. The van der Waals surface area contributed by atoms with E-state index >= 15 is 0 Å². The summed E-state index contributed by atoms with van der Waals surface area (Å²) in [5.74, 6) is 1.61. The van der Waals surface area contributed by atoms with Crippen molar-refractivity contribution in [1.29, 1.82) is 0 Å². The van der Waals surface area contributed by atoms with Gasteiger partial charge in [-0.15, -0.1) is 0 Å². The van der Waals surface area contributed by atoms with Gasteiger partial charge < -0.3 is 29.2 Å². The fourth-order valence-electron chi connectivity index (χ4n) is 3.43. The summed E-state index contributed by atoms with van der Waals surface area (Å²) in [5, 5.41) is 21.7. The highest BCUT2D eigenvalue weighted by Gasteiger charge is 2.17. The predicted octanol–water partition coefficient (Wildman–Crippen LogP) is 3.39. The Labute approximate surface area is 176 Å². The molecule has 30 heavy (non-hydrogen) atoms. The van der Waals surface area contributed by atoms with Crippen LogP contribution in [0.2, 0.25) is 0 Å². The molecule has 0 atom stereocenters. The van der Waals surface area contributed by atoms with Crippen LogP contribution >= 0.6 is 0 Å². The summed E-state index contributed by atoms with van der Waals surface area (Å²) in [7, 11) is 0. The molecular formula is C24H30O6. The maximum atomic E-state index is 8.87.